The number of halogens is 3. The number of hydrogen-bond donors (Lipinski definition) is 1. The molecule has 0 aromatic rings. The molecule has 0 aliphatic heterocycles. The molecule has 0 fully saturated rings. The molecule has 0 spiro atoms. The van der Waals surface area contributed by atoms with Gasteiger partial charge in [0, 0.05) is 19.6 Å². The van der Waals surface area contributed by atoms with Crippen molar-refractivity contribution in [3.8, 4) is 0 Å². The van der Waals surface area contributed by atoms with Crippen LogP contribution in [0, 0.1) is 5.92 Å². The fourth-order valence-corrected chi connectivity index (χ4v) is 1.73. The van der Waals surface area contributed by atoms with Crippen LogP contribution in [0.2, 0.25) is 0 Å². The van der Waals surface area contributed by atoms with Gasteiger partial charge in [0.1, 0.15) is 0 Å². The topological polar surface area (TPSA) is 49.8 Å². The maximum atomic E-state index is 12.4. The van der Waals surface area contributed by atoms with Crippen LogP contribution in [-0.4, -0.2) is 55.0 Å². The van der Waals surface area contributed by atoms with Gasteiger partial charge in [-0.15, -0.1) is 6.58 Å². The number of nitrogens with zero attached hydrogens (tertiary/aromatic N) is 1. The summed E-state index contributed by atoms with van der Waals surface area (Å²) in [7, 11) is 1.39. The Hall–Kier alpha value is -1.08. The van der Waals surface area contributed by atoms with Crippen molar-refractivity contribution in [1.29, 1.82) is 0 Å². The summed E-state index contributed by atoms with van der Waals surface area (Å²) in [5.74, 6) is -0.932. The summed E-state index contributed by atoms with van der Waals surface area (Å²) in [5.41, 5.74) is 0.772. The Labute approximate surface area is 117 Å². The van der Waals surface area contributed by atoms with E-state index in [0.29, 0.717) is 6.42 Å². The Morgan fingerprint density at radius 3 is 2.40 bits per heavy atom. The number of ether oxygens (including phenoxy) is 1. The van der Waals surface area contributed by atoms with Gasteiger partial charge in [0.2, 0.25) is 5.91 Å². The largest absolute Gasteiger partial charge is 0.416 e. The maximum Gasteiger partial charge on any atom is 0.416 e. The number of aliphatic hydroxyl groups is 1. The minimum absolute atomic E-state index is 0.00298. The molecule has 7 heteroatoms. The minimum Gasteiger partial charge on any atom is -0.383 e. The van der Waals surface area contributed by atoms with Crippen LogP contribution in [0.25, 0.3) is 0 Å². The minimum atomic E-state index is -4.75. The molecule has 0 saturated carbocycles. The van der Waals surface area contributed by atoms with Gasteiger partial charge in [-0.3, -0.25) is 4.79 Å². The summed E-state index contributed by atoms with van der Waals surface area (Å²) in [6.07, 6.45) is -6.91. The lowest BCUT2D eigenvalue weighted by atomic mass is 10.0. The molecule has 118 valence electrons. The zero-order valence-corrected chi connectivity index (χ0v) is 12.0. The molecule has 0 aliphatic carbocycles. The van der Waals surface area contributed by atoms with E-state index in [-0.39, 0.29) is 13.2 Å². The summed E-state index contributed by atoms with van der Waals surface area (Å²) in [4.78, 5) is 13.1. The van der Waals surface area contributed by atoms with E-state index in [1.165, 1.54) is 7.11 Å². The Balaban J connectivity index is 4.77. The van der Waals surface area contributed by atoms with Gasteiger partial charge in [0.25, 0.3) is 0 Å². The van der Waals surface area contributed by atoms with Crippen LogP contribution in [0.4, 0.5) is 13.2 Å². The highest BCUT2D eigenvalue weighted by molar-refractivity contribution is 5.78. The van der Waals surface area contributed by atoms with Crippen molar-refractivity contribution in [2.45, 2.75) is 32.5 Å². The highest BCUT2D eigenvalue weighted by Gasteiger charge is 2.40. The average Bonchev–Trinajstić information content (AvgIpc) is 2.31. The molecular formula is C13H22F3NO3. The molecule has 0 heterocycles. The number of amides is 1. The van der Waals surface area contributed by atoms with Gasteiger partial charge in [-0.1, -0.05) is 12.5 Å². The van der Waals surface area contributed by atoms with Gasteiger partial charge in [-0.2, -0.15) is 13.2 Å². The Kier molecular flexibility index (Phi) is 7.82. The first-order chi connectivity index (χ1) is 9.09. The third-order valence-electron chi connectivity index (χ3n) is 2.72. The number of carbonyl (C=O) groups is 1. The SMILES string of the molecule is C=C(C)CC(C)C(=O)N(CCOC)CC(O)C(F)(F)F. The molecule has 1 N–H and O–H groups in total. The molecular weight excluding hydrogens is 275 g/mol. The van der Waals surface area contributed by atoms with Crippen LogP contribution >= 0.6 is 0 Å². The van der Waals surface area contributed by atoms with Gasteiger partial charge in [-0.25, -0.2) is 0 Å². The standard InChI is InChI=1S/C13H22F3NO3/c1-9(2)7-10(3)12(19)17(5-6-20-4)8-11(18)13(14,15)16/h10-11,18H,1,5-8H2,2-4H3. The van der Waals surface area contributed by atoms with E-state index >= 15 is 0 Å². The van der Waals surface area contributed by atoms with E-state index in [1.807, 2.05) is 0 Å². The summed E-state index contributed by atoms with van der Waals surface area (Å²) in [6, 6.07) is 0. The molecule has 4 nitrogen and oxygen atoms in total. The number of alkyl halides is 3. The van der Waals surface area contributed by atoms with Gasteiger partial charge in [0.05, 0.1) is 13.2 Å². The molecule has 2 unspecified atom stereocenters. The Morgan fingerprint density at radius 2 is 2.00 bits per heavy atom. The van der Waals surface area contributed by atoms with Crippen molar-refractivity contribution in [3.05, 3.63) is 12.2 Å². The van der Waals surface area contributed by atoms with Crippen molar-refractivity contribution in [1.82, 2.24) is 4.90 Å². The number of aliphatic hydroxyl groups excluding tert-OH is 1. The van der Waals surface area contributed by atoms with E-state index in [0.717, 1.165) is 10.5 Å². The number of hydrogen-bond acceptors (Lipinski definition) is 3. The van der Waals surface area contributed by atoms with E-state index in [1.54, 1.807) is 13.8 Å². The van der Waals surface area contributed by atoms with E-state index in [9.17, 15) is 18.0 Å². The summed E-state index contributed by atoms with van der Waals surface area (Å²) in [5, 5.41) is 9.09. The second-order valence-electron chi connectivity index (χ2n) is 4.90. The first-order valence-corrected chi connectivity index (χ1v) is 6.26. The first-order valence-electron chi connectivity index (χ1n) is 6.26. The number of carbonyl (C=O) groups excluding carboxylic acids is 1. The predicted octanol–water partition coefficient (Wildman–Crippen LogP) is 1.99. The lowest BCUT2D eigenvalue weighted by molar-refractivity contribution is -0.208. The second kappa shape index (κ2) is 8.26. The molecule has 0 rings (SSSR count). The third kappa shape index (κ3) is 6.91. The molecule has 2 atom stereocenters. The number of allylic oxidation sites excluding steroid dienone is 1. The van der Waals surface area contributed by atoms with Crippen molar-refractivity contribution < 1.29 is 27.8 Å². The normalized spacial score (nSPS) is 14.8. The molecule has 0 radical (unpaired) electrons. The molecule has 0 saturated heterocycles. The van der Waals surface area contributed by atoms with Crippen LogP contribution in [0.1, 0.15) is 20.3 Å². The van der Waals surface area contributed by atoms with Gasteiger partial charge >= 0.3 is 6.18 Å². The van der Waals surface area contributed by atoms with Crippen LogP contribution in [0.15, 0.2) is 12.2 Å². The molecule has 0 bridgehead atoms. The monoisotopic (exact) mass is 297 g/mol. The van der Waals surface area contributed by atoms with Crippen LogP contribution in [0.3, 0.4) is 0 Å². The van der Waals surface area contributed by atoms with Crippen LogP contribution in [0.5, 0.6) is 0 Å². The molecule has 0 aromatic carbocycles. The zero-order chi connectivity index (χ0) is 15.9. The van der Waals surface area contributed by atoms with Crippen molar-refractivity contribution in [2.75, 3.05) is 26.8 Å². The highest BCUT2D eigenvalue weighted by Crippen LogP contribution is 2.22. The van der Waals surface area contributed by atoms with Crippen molar-refractivity contribution in [3.63, 3.8) is 0 Å². The van der Waals surface area contributed by atoms with Crippen LogP contribution < -0.4 is 0 Å². The summed E-state index contributed by atoms with van der Waals surface area (Å²) < 4.78 is 41.9. The van der Waals surface area contributed by atoms with Crippen LogP contribution in [-0.2, 0) is 9.53 Å². The van der Waals surface area contributed by atoms with Crippen molar-refractivity contribution >= 4 is 5.91 Å². The average molecular weight is 297 g/mol. The molecule has 1 amide bonds. The van der Waals surface area contributed by atoms with Gasteiger partial charge in [-0.05, 0) is 13.3 Å². The Morgan fingerprint density at radius 1 is 1.45 bits per heavy atom. The third-order valence-corrected chi connectivity index (χ3v) is 2.72. The van der Waals surface area contributed by atoms with E-state index in [2.05, 4.69) is 6.58 Å². The summed E-state index contributed by atoms with van der Waals surface area (Å²) in [6.45, 7) is 6.36. The molecule has 20 heavy (non-hydrogen) atoms. The number of methoxy groups -OCH3 is 1. The number of rotatable bonds is 8. The van der Waals surface area contributed by atoms with Gasteiger partial charge < -0.3 is 14.7 Å². The van der Waals surface area contributed by atoms with E-state index < -0.39 is 30.7 Å². The fourth-order valence-electron chi connectivity index (χ4n) is 1.73. The van der Waals surface area contributed by atoms with E-state index in [4.69, 9.17) is 9.84 Å². The Bertz CT molecular complexity index is 331. The van der Waals surface area contributed by atoms with Gasteiger partial charge in [0.15, 0.2) is 6.10 Å². The second-order valence-corrected chi connectivity index (χ2v) is 4.90. The van der Waals surface area contributed by atoms with Crippen molar-refractivity contribution in [2.24, 2.45) is 5.92 Å². The first kappa shape index (κ1) is 18.9. The molecule has 0 aliphatic rings. The fraction of sp³-hybridized carbons (Fsp3) is 0.769. The zero-order valence-electron chi connectivity index (χ0n) is 12.0. The lowest BCUT2D eigenvalue weighted by Gasteiger charge is -2.28. The quantitative estimate of drug-likeness (QED) is 0.697. The maximum absolute atomic E-state index is 12.4. The smallest absolute Gasteiger partial charge is 0.383 e. The highest BCUT2D eigenvalue weighted by atomic mass is 19.4. The summed E-state index contributed by atoms with van der Waals surface area (Å²) >= 11 is 0. The lowest BCUT2D eigenvalue weighted by Crippen LogP contribution is -2.46. The predicted molar refractivity (Wildman–Crippen MR) is 69.1 cm³/mol. The molecule has 0 aromatic heterocycles.